The lowest BCUT2D eigenvalue weighted by molar-refractivity contribution is -0.0592. The minimum absolute atomic E-state index is 0.00565. The second-order valence-electron chi connectivity index (χ2n) is 6.98. The zero-order chi connectivity index (χ0) is 18.8. The van der Waals surface area contributed by atoms with Crippen LogP contribution < -0.4 is 4.74 Å². The summed E-state index contributed by atoms with van der Waals surface area (Å²) < 4.78 is 17.6. The van der Waals surface area contributed by atoms with Gasteiger partial charge in [0.05, 0.1) is 12.2 Å². The number of benzene rings is 2. The van der Waals surface area contributed by atoms with E-state index in [-0.39, 0.29) is 24.7 Å². The Hall–Kier alpha value is -2.79. The molecular weight excluding hydrogens is 342 g/mol. The van der Waals surface area contributed by atoms with Crippen molar-refractivity contribution in [2.45, 2.75) is 32.7 Å². The molecule has 5 nitrogen and oxygen atoms in total. The maximum absolute atomic E-state index is 13.2. The number of nitrogens with zero attached hydrogens (tertiary/aromatic N) is 1. The molecule has 0 bridgehead atoms. The molecule has 1 aliphatic heterocycles. The van der Waals surface area contributed by atoms with Gasteiger partial charge in [0, 0.05) is 24.0 Å². The summed E-state index contributed by atoms with van der Waals surface area (Å²) in [6.45, 7) is 5.35. The Labute approximate surface area is 158 Å². The second kappa shape index (κ2) is 7.45. The topological polar surface area (TPSA) is 51.9 Å². The van der Waals surface area contributed by atoms with E-state index < -0.39 is 0 Å². The molecule has 2 atom stereocenters. The molecule has 1 aromatic heterocycles. The number of para-hydroxylation sites is 2. The van der Waals surface area contributed by atoms with Crippen LogP contribution in [0.4, 0.5) is 0 Å². The third-order valence-corrected chi connectivity index (χ3v) is 4.73. The van der Waals surface area contributed by atoms with E-state index in [0.29, 0.717) is 24.4 Å². The van der Waals surface area contributed by atoms with E-state index in [1.54, 1.807) is 0 Å². The molecule has 0 aliphatic carbocycles. The highest BCUT2D eigenvalue weighted by Gasteiger charge is 2.31. The summed E-state index contributed by atoms with van der Waals surface area (Å²) in [6, 6.07) is 17.3. The number of carbonyl (C=O) groups excluding carboxylic acids is 1. The summed E-state index contributed by atoms with van der Waals surface area (Å²) in [5.41, 5.74) is 1.48. The minimum atomic E-state index is -0.111. The van der Waals surface area contributed by atoms with Gasteiger partial charge in [-0.15, -0.1) is 0 Å². The lowest BCUT2D eigenvalue weighted by atomic mass is 10.1. The van der Waals surface area contributed by atoms with E-state index in [4.69, 9.17) is 13.9 Å². The number of hydrogen-bond donors (Lipinski definition) is 0. The van der Waals surface area contributed by atoms with Crippen molar-refractivity contribution < 1.29 is 18.7 Å². The predicted molar refractivity (Wildman–Crippen MR) is 103 cm³/mol. The van der Waals surface area contributed by atoms with E-state index in [9.17, 15) is 4.79 Å². The molecule has 1 fully saturated rings. The normalized spacial score (nSPS) is 20.0. The third-order valence-electron chi connectivity index (χ3n) is 4.73. The maximum Gasteiger partial charge on any atom is 0.290 e. The van der Waals surface area contributed by atoms with E-state index in [0.717, 1.165) is 16.7 Å². The quantitative estimate of drug-likeness (QED) is 0.693. The molecule has 0 radical (unpaired) electrons. The fraction of sp³-hybridized carbons (Fsp3) is 0.318. The Bertz CT molecular complexity index is 924. The number of rotatable bonds is 4. The van der Waals surface area contributed by atoms with E-state index in [1.807, 2.05) is 73.3 Å². The van der Waals surface area contributed by atoms with Crippen LogP contribution in [-0.2, 0) is 11.3 Å². The third kappa shape index (κ3) is 3.69. The smallest absolute Gasteiger partial charge is 0.290 e. The number of morpholine rings is 1. The highest BCUT2D eigenvalue weighted by atomic mass is 16.5. The van der Waals surface area contributed by atoms with Gasteiger partial charge in [0.25, 0.3) is 5.91 Å². The van der Waals surface area contributed by atoms with Crippen molar-refractivity contribution >= 4 is 16.9 Å². The van der Waals surface area contributed by atoms with E-state index >= 15 is 0 Å². The van der Waals surface area contributed by atoms with Crippen molar-refractivity contribution in [1.29, 1.82) is 0 Å². The molecule has 3 aromatic rings. The fourth-order valence-electron chi connectivity index (χ4n) is 3.57. The Morgan fingerprint density at radius 1 is 1.04 bits per heavy atom. The Morgan fingerprint density at radius 2 is 1.70 bits per heavy atom. The first-order chi connectivity index (χ1) is 13.1. The Balaban J connectivity index is 1.66. The van der Waals surface area contributed by atoms with Crippen LogP contribution in [0.2, 0.25) is 0 Å². The number of amides is 1. The predicted octanol–water partition coefficient (Wildman–Crippen LogP) is 4.26. The van der Waals surface area contributed by atoms with Crippen LogP contribution in [-0.4, -0.2) is 36.1 Å². The lowest BCUT2D eigenvalue weighted by Crippen LogP contribution is -2.48. The summed E-state index contributed by atoms with van der Waals surface area (Å²) in [5.74, 6) is 1.00. The average molecular weight is 365 g/mol. The van der Waals surface area contributed by atoms with Crippen molar-refractivity contribution in [3.63, 3.8) is 0 Å². The molecule has 1 aliphatic rings. The molecule has 2 heterocycles. The van der Waals surface area contributed by atoms with Crippen LogP contribution in [0, 0.1) is 0 Å². The van der Waals surface area contributed by atoms with Gasteiger partial charge in [-0.05, 0) is 32.0 Å². The van der Waals surface area contributed by atoms with Gasteiger partial charge < -0.3 is 18.8 Å². The molecule has 27 heavy (non-hydrogen) atoms. The Kier molecular flexibility index (Phi) is 4.86. The van der Waals surface area contributed by atoms with Crippen LogP contribution >= 0.6 is 0 Å². The number of carbonyl (C=O) groups is 1. The average Bonchev–Trinajstić information content (AvgIpc) is 3.04. The molecule has 0 N–H and O–H groups in total. The van der Waals surface area contributed by atoms with Crippen molar-refractivity contribution in [2.75, 3.05) is 13.1 Å². The molecule has 0 spiro atoms. The van der Waals surface area contributed by atoms with Crippen LogP contribution in [0.5, 0.6) is 5.75 Å². The lowest BCUT2D eigenvalue weighted by Gasteiger charge is -2.34. The SMILES string of the molecule is CC1CN(C(=O)c2oc3ccccc3c2COc2ccccc2)CC(C)O1. The van der Waals surface area contributed by atoms with Crippen molar-refractivity contribution in [2.24, 2.45) is 0 Å². The number of furan rings is 1. The van der Waals surface area contributed by atoms with Gasteiger partial charge in [0.2, 0.25) is 0 Å². The van der Waals surface area contributed by atoms with Crippen molar-refractivity contribution in [1.82, 2.24) is 4.90 Å². The molecular formula is C22H23NO4. The first-order valence-electron chi connectivity index (χ1n) is 9.25. The molecule has 0 saturated carbocycles. The molecule has 2 unspecified atom stereocenters. The van der Waals surface area contributed by atoms with Gasteiger partial charge >= 0.3 is 0 Å². The highest BCUT2D eigenvalue weighted by molar-refractivity contribution is 5.99. The van der Waals surface area contributed by atoms with E-state index in [1.165, 1.54) is 0 Å². The molecule has 1 amide bonds. The van der Waals surface area contributed by atoms with Crippen LogP contribution in [0.3, 0.4) is 0 Å². The monoisotopic (exact) mass is 365 g/mol. The van der Waals surface area contributed by atoms with Crippen molar-refractivity contribution in [3.05, 3.63) is 65.9 Å². The fourth-order valence-corrected chi connectivity index (χ4v) is 3.57. The van der Waals surface area contributed by atoms with E-state index in [2.05, 4.69) is 0 Å². The summed E-state index contributed by atoms with van der Waals surface area (Å²) in [4.78, 5) is 15.0. The molecule has 5 heteroatoms. The standard InChI is InChI=1S/C22H23NO4/c1-15-12-23(13-16(2)26-15)22(24)21-19(14-25-17-8-4-3-5-9-17)18-10-6-7-11-20(18)27-21/h3-11,15-16H,12-14H2,1-2H3. The summed E-state index contributed by atoms with van der Waals surface area (Å²) in [6.07, 6.45) is 0.0113. The first kappa shape index (κ1) is 17.6. The first-order valence-corrected chi connectivity index (χ1v) is 9.25. The zero-order valence-corrected chi connectivity index (χ0v) is 15.6. The Morgan fingerprint density at radius 3 is 2.44 bits per heavy atom. The second-order valence-corrected chi connectivity index (χ2v) is 6.98. The molecule has 2 aromatic carbocycles. The van der Waals surface area contributed by atoms with Gasteiger partial charge in [0.1, 0.15) is 17.9 Å². The summed E-state index contributed by atoms with van der Waals surface area (Å²) >= 11 is 0. The van der Waals surface area contributed by atoms with Crippen molar-refractivity contribution in [3.8, 4) is 5.75 Å². The zero-order valence-electron chi connectivity index (χ0n) is 15.6. The van der Waals surface area contributed by atoms with Gasteiger partial charge in [-0.2, -0.15) is 0 Å². The number of ether oxygens (including phenoxy) is 2. The summed E-state index contributed by atoms with van der Waals surface area (Å²) in [7, 11) is 0. The van der Waals surface area contributed by atoms with Gasteiger partial charge in [-0.1, -0.05) is 36.4 Å². The van der Waals surface area contributed by atoms with Crippen LogP contribution in [0.25, 0.3) is 11.0 Å². The van der Waals surface area contributed by atoms with Gasteiger partial charge in [0.15, 0.2) is 5.76 Å². The van der Waals surface area contributed by atoms with Gasteiger partial charge in [-0.25, -0.2) is 0 Å². The summed E-state index contributed by atoms with van der Waals surface area (Å²) in [5, 5.41) is 0.908. The van der Waals surface area contributed by atoms with Crippen LogP contribution in [0.1, 0.15) is 30.0 Å². The maximum atomic E-state index is 13.2. The molecule has 140 valence electrons. The van der Waals surface area contributed by atoms with Gasteiger partial charge in [-0.3, -0.25) is 4.79 Å². The molecule has 4 rings (SSSR count). The van der Waals surface area contributed by atoms with Crippen LogP contribution in [0.15, 0.2) is 59.0 Å². The number of fused-ring (bicyclic) bond motifs is 1. The minimum Gasteiger partial charge on any atom is -0.489 e. The largest absolute Gasteiger partial charge is 0.489 e. The molecule has 1 saturated heterocycles. The highest BCUT2D eigenvalue weighted by Crippen LogP contribution is 2.29. The number of hydrogen-bond acceptors (Lipinski definition) is 4.